The van der Waals surface area contributed by atoms with E-state index in [0.29, 0.717) is 18.2 Å². The fourth-order valence-corrected chi connectivity index (χ4v) is 2.28. The molecule has 0 heterocycles. The van der Waals surface area contributed by atoms with E-state index in [1.54, 1.807) is 26.0 Å². The maximum absolute atomic E-state index is 12.2. The molecule has 2 N–H and O–H groups in total. The van der Waals surface area contributed by atoms with Crippen LogP contribution < -0.4 is 5.32 Å². The first kappa shape index (κ1) is 16.5. The number of nitrogens with zero attached hydrogens (tertiary/aromatic N) is 1. The molecular formula is C16H26N2O2. The van der Waals surface area contributed by atoms with Gasteiger partial charge in [0.25, 0.3) is 5.91 Å². The smallest absolute Gasteiger partial charge is 0.251 e. The monoisotopic (exact) mass is 278 g/mol. The molecule has 1 rings (SSSR count). The largest absolute Gasteiger partial charge is 0.507 e. The van der Waals surface area contributed by atoms with Crippen LogP contribution in [0.2, 0.25) is 0 Å². The normalized spacial score (nSPS) is 12.5. The lowest BCUT2D eigenvalue weighted by atomic mass is 10.0. The zero-order valence-corrected chi connectivity index (χ0v) is 13.2. The summed E-state index contributed by atoms with van der Waals surface area (Å²) in [5.74, 6) is 0.179. The standard InChI is InChI=1S/C16H26N2O2/c1-6-7-14(18(4)5)10-17-16(20)13-8-11(2)15(19)12(3)9-13/h8-9,14,19H,6-7,10H2,1-5H3,(H,17,20)/t14-/m1/s1. The average molecular weight is 278 g/mol. The third kappa shape index (κ3) is 4.23. The lowest BCUT2D eigenvalue weighted by Gasteiger charge is -2.24. The SMILES string of the molecule is CCC[C@H](CNC(=O)c1cc(C)c(O)c(C)c1)N(C)C. The van der Waals surface area contributed by atoms with Gasteiger partial charge < -0.3 is 15.3 Å². The van der Waals surface area contributed by atoms with Crippen molar-refractivity contribution in [3.63, 3.8) is 0 Å². The molecule has 0 aliphatic rings. The molecule has 1 amide bonds. The Kier molecular flexibility index (Phi) is 6.02. The number of aromatic hydroxyl groups is 1. The summed E-state index contributed by atoms with van der Waals surface area (Å²) in [6.45, 7) is 6.39. The van der Waals surface area contributed by atoms with Gasteiger partial charge in [0.05, 0.1) is 0 Å². The van der Waals surface area contributed by atoms with E-state index in [2.05, 4.69) is 17.1 Å². The number of likely N-dealkylation sites (N-methyl/N-ethyl adjacent to an activating group) is 1. The summed E-state index contributed by atoms with van der Waals surface area (Å²) in [7, 11) is 4.06. The predicted molar refractivity (Wildman–Crippen MR) is 82.3 cm³/mol. The van der Waals surface area contributed by atoms with Crippen LogP contribution in [0.3, 0.4) is 0 Å². The van der Waals surface area contributed by atoms with Crippen LogP contribution in [0.1, 0.15) is 41.3 Å². The lowest BCUT2D eigenvalue weighted by Crippen LogP contribution is -2.40. The van der Waals surface area contributed by atoms with E-state index in [9.17, 15) is 9.90 Å². The third-order valence-corrected chi connectivity index (χ3v) is 3.60. The Bertz CT molecular complexity index is 447. The van der Waals surface area contributed by atoms with Crippen LogP contribution in [0, 0.1) is 13.8 Å². The molecular weight excluding hydrogens is 252 g/mol. The number of rotatable bonds is 6. The highest BCUT2D eigenvalue weighted by Crippen LogP contribution is 2.22. The van der Waals surface area contributed by atoms with E-state index in [4.69, 9.17) is 0 Å². The van der Waals surface area contributed by atoms with E-state index < -0.39 is 0 Å². The molecule has 1 aromatic rings. The summed E-state index contributed by atoms with van der Waals surface area (Å²) in [5.41, 5.74) is 2.06. The van der Waals surface area contributed by atoms with Crippen molar-refractivity contribution in [3.8, 4) is 5.75 Å². The van der Waals surface area contributed by atoms with Gasteiger partial charge in [0.15, 0.2) is 0 Å². The van der Waals surface area contributed by atoms with Crippen LogP contribution in [0.25, 0.3) is 0 Å². The third-order valence-electron chi connectivity index (χ3n) is 3.60. The quantitative estimate of drug-likeness (QED) is 0.840. The number of benzene rings is 1. The van der Waals surface area contributed by atoms with Crippen LogP contribution in [0.15, 0.2) is 12.1 Å². The van der Waals surface area contributed by atoms with Gasteiger partial charge in [0, 0.05) is 18.2 Å². The van der Waals surface area contributed by atoms with Gasteiger partial charge >= 0.3 is 0 Å². The number of phenolic OH excluding ortho intramolecular Hbond substituents is 1. The molecule has 0 unspecified atom stereocenters. The number of carbonyl (C=O) groups excluding carboxylic acids is 1. The van der Waals surface area contributed by atoms with E-state index in [1.165, 1.54) is 0 Å². The molecule has 0 bridgehead atoms. The molecule has 20 heavy (non-hydrogen) atoms. The number of carbonyl (C=O) groups is 1. The predicted octanol–water partition coefficient (Wildman–Crippen LogP) is 2.47. The van der Waals surface area contributed by atoms with E-state index >= 15 is 0 Å². The number of aryl methyl sites for hydroxylation is 2. The minimum atomic E-state index is -0.0841. The van der Waals surface area contributed by atoms with Gasteiger partial charge in [0.2, 0.25) is 0 Å². The molecule has 0 aliphatic heterocycles. The van der Waals surface area contributed by atoms with Crippen LogP contribution in [-0.4, -0.2) is 42.6 Å². The Labute approximate surface area is 121 Å². The van der Waals surface area contributed by atoms with Crippen molar-refractivity contribution in [2.45, 2.75) is 39.7 Å². The van der Waals surface area contributed by atoms with Crippen molar-refractivity contribution < 1.29 is 9.90 Å². The molecule has 0 saturated carbocycles. The fourth-order valence-electron chi connectivity index (χ4n) is 2.28. The summed E-state index contributed by atoms with van der Waals surface area (Å²) < 4.78 is 0. The zero-order valence-electron chi connectivity index (χ0n) is 13.2. The molecule has 1 aromatic carbocycles. The summed E-state index contributed by atoms with van der Waals surface area (Å²) in [6, 6.07) is 3.80. The topological polar surface area (TPSA) is 52.6 Å². The number of hydrogen-bond acceptors (Lipinski definition) is 3. The highest BCUT2D eigenvalue weighted by Gasteiger charge is 2.14. The van der Waals surface area contributed by atoms with Crippen molar-refractivity contribution in [2.24, 2.45) is 0 Å². The van der Waals surface area contributed by atoms with Crippen molar-refractivity contribution in [2.75, 3.05) is 20.6 Å². The molecule has 0 aliphatic carbocycles. The fraction of sp³-hybridized carbons (Fsp3) is 0.562. The minimum absolute atomic E-state index is 0.0841. The minimum Gasteiger partial charge on any atom is -0.507 e. The van der Waals surface area contributed by atoms with E-state index in [0.717, 1.165) is 24.0 Å². The molecule has 0 aromatic heterocycles. The number of hydrogen-bond donors (Lipinski definition) is 2. The molecule has 4 nitrogen and oxygen atoms in total. The molecule has 112 valence electrons. The van der Waals surface area contributed by atoms with Gasteiger partial charge in [-0.05, 0) is 57.6 Å². The van der Waals surface area contributed by atoms with Gasteiger partial charge in [-0.25, -0.2) is 0 Å². The van der Waals surface area contributed by atoms with E-state index in [1.807, 2.05) is 14.1 Å². The van der Waals surface area contributed by atoms with Gasteiger partial charge in [-0.1, -0.05) is 13.3 Å². The first-order valence-electron chi connectivity index (χ1n) is 7.11. The molecule has 0 radical (unpaired) electrons. The first-order chi connectivity index (χ1) is 9.36. The maximum atomic E-state index is 12.2. The van der Waals surface area contributed by atoms with E-state index in [-0.39, 0.29) is 11.7 Å². The van der Waals surface area contributed by atoms with Crippen LogP contribution in [0.4, 0.5) is 0 Å². The highest BCUT2D eigenvalue weighted by molar-refractivity contribution is 5.94. The Balaban J connectivity index is 2.72. The van der Waals surface area contributed by atoms with Crippen molar-refractivity contribution in [1.82, 2.24) is 10.2 Å². The Morgan fingerprint density at radius 1 is 1.30 bits per heavy atom. The van der Waals surface area contributed by atoms with Gasteiger partial charge in [0.1, 0.15) is 5.75 Å². The number of amides is 1. The van der Waals surface area contributed by atoms with Crippen molar-refractivity contribution >= 4 is 5.91 Å². The van der Waals surface area contributed by atoms with Crippen molar-refractivity contribution in [1.29, 1.82) is 0 Å². The Morgan fingerprint density at radius 3 is 2.30 bits per heavy atom. The molecule has 0 spiro atoms. The summed E-state index contributed by atoms with van der Waals surface area (Å²) >= 11 is 0. The summed E-state index contributed by atoms with van der Waals surface area (Å²) in [5, 5.41) is 12.7. The lowest BCUT2D eigenvalue weighted by molar-refractivity contribution is 0.0940. The first-order valence-corrected chi connectivity index (χ1v) is 7.11. The van der Waals surface area contributed by atoms with Crippen LogP contribution >= 0.6 is 0 Å². The molecule has 0 saturated heterocycles. The number of phenols is 1. The second kappa shape index (κ2) is 7.29. The second-order valence-electron chi connectivity index (χ2n) is 5.57. The maximum Gasteiger partial charge on any atom is 0.251 e. The number of nitrogens with one attached hydrogen (secondary N) is 1. The van der Waals surface area contributed by atoms with Crippen LogP contribution in [0.5, 0.6) is 5.75 Å². The Morgan fingerprint density at radius 2 is 1.85 bits per heavy atom. The zero-order chi connectivity index (χ0) is 15.3. The van der Waals surface area contributed by atoms with Crippen molar-refractivity contribution in [3.05, 3.63) is 28.8 Å². The average Bonchev–Trinajstić information content (AvgIpc) is 2.39. The Hall–Kier alpha value is -1.55. The summed E-state index contributed by atoms with van der Waals surface area (Å²) in [4.78, 5) is 14.3. The van der Waals surface area contributed by atoms with Gasteiger partial charge in [-0.2, -0.15) is 0 Å². The molecule has 4 heteroatoms. The second-order valence-corrected chi connectivity index (χ2v) is 5.57. The van der Waals surface area contributed by atoms with Gasteiger partial charge in [-0.15, -0.1) is 0 Å². The molecule has 0 fully saturated rings. The van der Waals surface area contributed by atoms with Gasteiger partial charge in [-0.3, -0.25) is 4.79 Å². The molecule has 1 atom stereocenters. The van der Waals surface area contributed by atoms with Crippen LogP contribution in [-0.2, 0) is 0 Å². The summed E-state index contributed by atoms with van der Waals surface area (Å²) in [6.07, 6.45) is 2.15. The highest BCUT2D eigenvalue weighted by atomic mass is 16.3.